The highest BCUT2D eigenvalue weighted by atomic mass is 19.1. The second kappa shape index (κ2) is 6.98. The van der Waals surface area contributed by atoms with Crippen LogP contribution in [-0.2, 0) is 6.42 Å². The van der Waals surface area contributed by atoms with E-state index in [0.29, 0.717) is 12.2 Å². The molecule has 0 saturated carbocycles. The Hall–Kier alpha value is -2.56. The lowest BCUT2D eigenvalue weighted by molar-refractivity contribution is 0.161. The van der Waals surface area contributed by atoms with Gasteiger partial charge in [-0.2, -0.15) is 0 Å². The van der Waals surface area contributed by atoms with Crippen LogP contribution in [0.2, 0.25) is 0 Å². The molecule has 0 radical (unpaired) electrons. The molecule has 0 spiro atoms. The average molecular weight is 357 g/mol. The summed E-state index contributed by atoms with van der Waals surface area (Å²) in [6.07, 6.45) is 0.538. The van der Waals surface area contributed by atoms with Crippen LogP contribution in [-0.4, -0.2) is 17.8 Å². The summed E-state index contributed by atoms with van der Waals surface area (Å²) in [6, 6.07) is 10.3. The lowest BCUT2D eigenvalue weighted by Crippen LogP contribution is -2.40. The molecule has 1 aliphatic rings. The molecule has 1 amide bonds. The van der Waals surface area contributed by atoms with Crippen LogP contribution in [0, 0.1) is 11.2 Å². The molecule has 5 heteroatoms. The largest absolute Gasteiger partial charge is 0.494 e. The summed E-state index contributed by atoms with van der Waals surface area (Å²) in [5, 5.41) is 11.7. The SMILES string of the molecule is CCOc1ccc(-c2cc3c(cc2F)[C@H](NC(=O)O)C(C)(C)CC3)cc1. The Morgan fingerprint density at radius 2 is 2.00 bits per heavy atom. The Morgan fingerprint density at radius 1 is 1.31 bits per heavy atom. The van der Waals surface area contributed by atoms with Crippen LogP contribution in [0.1, 0.15) is 44.4 Å². The average Bonchev–Trinajstić information content (AvgIpc) is 2.58. The van der Waals surface area contributed by atoms with Crippen LogP contribution in [0.3, 0.4) is 0 Å². The minimum atomic E-state index is -1.09. The van der Waals surface area contributed by atoms with E-state index in [1.165, 1.54) is 6.07 Å². The van der Waals surface area contributed by atoms with E-state index in [1.54, 1.807) is 0 Å². The molecule has 3 rings (SSSR count). The van der Waals surface area contributed by atoms with E-state index in [1.807, 2.05) is 51.1 Å². The maximum Gasteiger partial charge on any atom is 0.405 e. The first-order valence-corrected chi connectivity index (χ1v) is 8.87. The Kier molecular flexibility index (Phi) is 4.90. The van der Waals surface area contributed by atoms with Crippen LogP contribution in [0.15, 0.2) is 36.4 Å². The number of amides is 1. The number of rotatable bonds is 4. The second-order valence-corrected chi connectivity index (χ2v) is 7.36. The summed E-state index contributed by atoms with van der Waals surface area (Å²) >= 11 is 0. The van der Waals surface area contributed by atoms with Gasteiger partial charge in [0.2, 0.25) is 0 Å². The molecule has 0 bridgehead atoms. The highest BCUT2D eigenvalue weighted by molar-refractivity contribution is 5.68. The van der Waals surface area contributed by atoms with E-state index >= 15 is 0 Å². The van der Waals surface area contributed by atoms with Crippen LogP contribution in [0.5, 0.6) is 5.75 Å². The van der Waals surface area contributed by atoms with Gasteiger partial charge < -0.3 is 15.2 Å². The Bertz CT molecular complexity index is 815. The first-order valence-electron chi connectivity index (χ1n) is 8.87. The smallest absolute Gasteiger partial charge is 0.405 e. The van der Waals surface area contributed by atoms with Crippen LogP contribution in [0.4, 0.5) is 9.18 Å². The lowest BCUT2D eigenvalue weighted by Gasteiger charge is -2.40. The van der Waals surface area contributed by atoms with Crippen molar-refractivity contribution in [3.05, 3.63) is 53.3 Å². The van der Waals surface area contributed by atoms with E-state index in [0.717, 1.165) is 35.3 Å². The van der Waals surface area contributed by atoms with Gasteiger partial charge in [0.15, 0.2) is 0 Å². The molecule has 26 heavy (non-hydrogen) atoms. The van der Waals surface area contributed by atoms with Crippen LogP contribution < -0.4 is 10.1 Å². The van der Waals surface area contributed by atoms with Crippen LogP contribution in [0.25, 0.3) is 11.1 Å². The van der Waals surface area contributed by atoms with Crippen molar-refractivity contribution in [1.29, 1.82) is 0 Å². The molecule has 0 unspecified atom stereocenters. The van der Waals surface area contributed by atoms with Gasteiger partial charge in [0.1, 0.15) is 11.6 Å². The van der Waals surface area contributed by atoms with Gasteiger partial charge in [0.05, 0.1) is 12.6 Å². The number of carbonyl (C=O) groups is 1. The van der Waals surface area contributed by atoms with Gasteiger partial charge in [-0.1, -0.05) is 26.0 Å². The third-order valence-corrected chi connectivity index (χ3v) is 5.10. The number of benzene rings is 2. The van der Waals surface area contributed by atoms with E-state index < -0.39 is 12.1 Å². The molecule has 0 heterocycles. The Balaban J connectivity index is 2.00. The fourth-order valence-corrected chi connectivity index (χ4v) is 3.66. The van der Waals surface area contributed by atoms with Crippen molar-refractivity contribution in [3.8, 4) is 16.9 Å². The molecule has 0 saturated heterocycles. The number of fused-ring (bicyclic) bond motifs is 1. The monoisotopic (exact) mass is 357 g/mol. The first kappa shape index (κ1) is 18.2. The summed E-state index contributed by atoms with van der Waals surface area (Å²) in [6.45, 7) is 6.52. The molecule has 2 aromatic carbocycles. The number of aryl methyl sites for hydroxylation is 1. The molecule has 1 aliphatic carbocycles. The van der Waals surface area contributed by atoms with Crippen molar-refractivity contribution in [2.24, 2.45) is 5.41 Å². The van der Waals surface area contributed by atoms with Gasteiger partial charge in [0.25, 0.3) is 0 Å². The normalized spacial score (nSPS) is 18.1. The Morgan fingerprint density at radius 3 is 2.62 bits per heavy atom. The molecule has 0 aromatic heterocycles. The summed E-state index contributed by atoms with van der Waals surface area (Å²) in [5.74, 6) is 0.407. The maximum absolute atomic E-state index is 14.9. The number of nitrogens with one attached hydrogen (secondary N) is 1. The number of halogens is 1. The second-order valence-electron chi connectivity index (χ2n) is 7.36. The number of hydrogen-bond acceptors (Lipinski definition) is 2. The van der Waals surface area contributed by atoms with Gasteiger partial charge in [-0.25, -0.2) is 9.18 Å². The zero-order valence-corrected chi connectivity index (χ0v) is 15.3. The third-order valence-electron chi connectivity index (χ3n) is 5.10. The number of ether oxygens (including phenoxy) is 1. The minimum Gasteiger partial charge on any atom is -0.494 e. The molecule has 1 atom stereocenters. The van der Waals surface area contributed by atoms with Crippen LogP contribution >= 0.6 is 0 Å². The predicted octanol–water partition coefficient (Wildman–Crippen LogP) is 5.17. The first-order chi connectivity index (χ1) is 12.3. The highest BCUT2D eigenvalue weighted by Gasteiger charge is 2.37. The van der Waals surface area contributed by atoms with Gasteiger partial charge in [-0.3, -0.25) is 0 Å². The molecule has 2 N–H and O–H groups in total. The fraction of sp³-hybridized carbons (Fsp3) is 0.381. The summed E-state index contributed by atoms with van der Waals surface area (Å²) < 4.78 is 20.3. The highest BCUT2D eigenvalue weighted by Crippen LogP contribution is 2.45. The third kappa shape index (κ3) is 3.52. The van der Waals surface area contributed by atoms with Gasteiger partial charge in [-0.15, -0.1) is 0 Å². The molecule has 0 fully saturated rings. The van der Waals surface area contributed by atoms with Crippen molar-refractivity contribution in [2.45, 2.75) is 39.7 Å². The van der Waals surface area contributed by atoms with Crippen molar-refractivity contribution in [1.82, 2.24) is 5.32 Å². The van der Waals surface area contributed by atoms with Crippen molar-refractivity contribution < 1.29 is 19.0 Å². The van der Waals surface area contributed by atoms with Gasteiger partial charge >= 0.3 is 6.09 Å². The van der Waals surface area contributed by atoms with E-state index in [2.05, 4.69) is 5.32 Å². The summed E-state index contributed by atoms with van der Waals surface area (Å²) in [4.78, 5) is 11.2. The molecule has 138 valence electrons. The van der Waals surface area contributed by atoms with Gasteiger partial charge in [0, 0.05) is 5.56 Å². The zero-order chi connectivity index (χ0) is 18.9. The molecular weight excluding hydrogens is 333 g/mol. The molecule has 2 aromatic rings. The minimum absolute atomic E-state index is 0.265. The Labute approximate surface area is 153 Å². The fourth-order valence-electron chi connectivity index (χ4n) is 3.66. The van der Waals surface area contributed by atoms with Gasteiger partial charge in [-0.05, 0) is 66.1 Å². The molecular formula is C21H24FNO3. The van der Waals surface area contributed by atoms with E-state index in [-0.39, 0.29) is 11.2 Å². The van der Waals surface area contributed by atoms with Crippen molar-refractivity contribution in [2.75, 3.05) is 6.61 Å². The zero-order valence-electron chi connectivity index (χ0n) is 15.3. The number of hydrogen-bond donors (Lipinski definition) is 2. The standard InChI is InChI=1S/C21H24FNO3/c1-4-26-15-7-5-13(6-8-15)16-11-14-9-10-21(2,3)19(23-20(24)25)17(14)12-18(16)22/h5-8,11-12,19,23H,4,9-10H2,1-3H3,(H,24,25)/t19-/m0/s1. The number of carboxylic acid groups (broad SMARTS) is 1. The lowest BCUT2D eigenvalue weighted by atomic mass is 9.70. The van der Waals surface area contributed by atoms with Crippen molar-refractivity contribution in [3.63, 3.8) is 0 Å². The predicted molar refractivity (Wildman–Crippen MR) is 99.0 cm³/mol. The van der Waals surface area contributed by atoms with E-state index in [4.69, 9.17) is 4.74 Å². The molecule has 0 aliphatic heterocycles. The quantitative estimate of drug-likeness (QED) is 0.793. The summed E-state index contributed by atoms with van der Waals surface area (Å²) in [5.41, 5.74) is 2.77. The van der Waals surface area contributed by atoms with E-state index in [9.17, 15) is 14.3 Å². The molecule has 4 nitrogen and oxygen atoms in total. The topological polar surface area (TPSA) is 58.6 Å². The maximum atomic E-state index is 14.9. The summed E-state index contributed by atoms with van der Waals surface area (Å²) in [7, 11) is 0. The van der Waals surface area contributed by atoms with Crippen molar-refractivity contribution >= 4 is 6.09 Å².